The van der Waals surface area contributed by atoms with Crippen molar-refractivity contribution in [1.82, 2.24) is 25.6 Å². The molecule has 5 aromatic rings. The lowest BCUT2D eigenvalue weighted by Crippen LogP contribution is -2.50. The topological polar surface area (TPSA) is 195 Å². The predicted octanol–water partition coefficient (Wildman–Crippen LogP) is 5.92. The third-order valence-electron chi connectivity index (χ3n) is 8.69. The van der Waals surface area contributed by atoms with Crippen LogP contribution in [-0.4, -0.2) is 71.1 Å². The summed E-state index contributed by atoms with van der Waals surface area (Å²) in [7, 11) is 1.09. The van der Waals surface area contributed by atoms with Crippen molar-refractivity contribution in [2.45, 2.75) is 37.2 Å². The van der Waals surface area contributed by atoms with Gasteiger partial charge in [0, 0.05) is 34.6 Å². The molecule has 1 aliphatic rings. The second-order valence-electron chi connectivity index (χ2n) is 13.1. The molecule has 19 heteroatoms. The lowest BCUT2D eigenvalue weighted by molar-refractivity contribution is -0.154. The van der Waals surface area contributed by atoms with E-state index < -0.39 is 60.6 Å². The van der Waals surface area contributed by atoms with E-state index in [-0.39, 0.29) is 23.1 Å². The molecule has 1 fully saturated rings. The Morgan fingerprint density at radius 3 is 2.20 bits per heavy atom. The number of benzene rings is 4. The van der Waals surface area contributed by atoms with E-state index in [2.05, 4.69) is 41.5 Å². The Bertz CT molecular complexity index is 2280. The summed E-state index contributed by atoms with van der Waals surface area (Å²) in [5.41, 5.74) is 1.95. The zero-order valence-corrected chi connectivity index (χ0v) is 31.9. The molecule has 0 unspecified atom stereocenters. The molecule has 59 heavy (non-hydrogen) atoms. The van der Waals surface area contributed by atoms with Gasteiger partial charge >= 0.3 is 30.0 Å². The molecule has 15 nitrogen and oxygen atoms in total. The van der Waals surface area contributed by atoms with E-state index >= 15 is 0 Å². The van der Waals surface area contributed by atoms with Gasteiger partial charge in [0.2, 0.25) is 11.9 Å². The zero-order chi connectivity index (χ0) is 42.0. The average Bonchev–Trinajstić information content (AvgIpc) is 4.01. The van der Waals surface area contributed by atoms with E-state index in [1.54, 1.807) is 36.4 Å². The number of alkyl halides is 3. The third-order valence-corrected chi connectivity index (χ3v) is 8.94. The number of methoxy groups -OCH3 is 1. The van der Waals surface area contributed by atoms with Gasteiger partial charge < -0.3 is 40.8 Å². The minimum absolute atomic E-state index is 0.0418. The lowest BCUT2D eigenvalue weighted by atomic mass is 10.1. The molecule has 1 atom stereocenters. The molecule has 1 saturated carbocycles. The lowest BCUT2D eigenvalue weighted by Gasteiger charge is -2.19. The third kappa shape index (κ3) is 12.0. The van der Waals surface area contributed by atoms with Crippen LogP contribution in [0.15, 0.2) is 103 Å². The molecule has 4 aromatic carbocycles. The summed E-state index contributed by atoms with van der Waals surface area (Å²) >= 11 is 6.04. The van der Waals surface area contributed by atoms with Crippen LogP contribution in [0, 0.1) is 0 Å². The summed E-state index contributed by atoms with van der Waals surface area (Å²) in [6.45, 7) is -1.83. The quantitative estimate of drug-likeness (QED) is 0.0583. The Hall–Kier alpha value is -6.95. The number of rotatable bonds is 16. The number of carbonyl (C=O) groups excluding carboxylic acids is 4. The number of hydrogen-bond acceptors (Lipinski definition) is 12. The van der Waals surface area contributed by atoms with E-state index in [0.717, 1.165) is 18.2 Å². The summed E-state index contributed by atoms with van der Waals surface area (Å²) in [6, 6.07) is 26.7. The highest BCUT2D eigenvalue weighted by Crippen LogP contribution is 2.48. The van der Waals surface area contributed by atoms with Crippen molar-refractivity contribution in [2.75, 3.05) is 36.2 Å². The van der Waals surface area contributed by atoms with Crippen LogP contribution in [0.1, 0.15) is 34.3 Å². The maximum Gasteiger partial charge on any atom is 0.422 e. The molecule has 3 amide bonds. The first-order valence-electron chi connectivity index (χ1n) is 17.9. The molecule has 5 N–H and O–H groups in total. The van der Waals surface area contributed by atoms with Gasteiger partial charge in [0.25, 0.3) is 5.91 Å². The van der Waals surface area contributed by atoms with E-state index in [1.807, 2.05) is 42.5 Å². The van der Waals surface area contributed by atoms with Crippen molar-refractivity contribution in [1.29, 1.82) is 0 Å². The van der Waals surface area contributed by atoms with Gasteiger partial charge in [0.15, 0.2) is 6.61 Å². The molecule has 0 aliphatic heterocycles. The van der Waals surface area contributed by atoms with Crippen LogP contribution in [0.2, 0.25) is 5.02 Å². The predicted molar refractivity (Wildman–Crippen MR) is 209 cm³/mol. The number of hydrogen-bond donors (Lipinski definition) is 5. The highest BCUT2D eigenvalue weighted by molar-refractivity contribution is 6.39. The van der Waals surface area contributed by atoms with Crippen LogP contribution >= 0.6 is 11.6 Å². The summed E-state index contributed by atoms with van der Waals surface area (Å²) in [5.74, 6) is -3.48. The van der Waals surface area contributed by atoms with Crippen molar-refractivity contribution in [3.05, 3.63) is 125 Å². The normalized spacial score (nSPS) is 13.2. The number of aromatic nitrogens is 3. The molecule has 6 rings (SSSR count). The zero-order valence-electron chi connectivity index (χ0n) is 31.1. The van der Waals surface area contributed by atoms with Crippen molar-refractivity contribution in [3.8, 4) is 11.8 Å². The van der Waals surface area contributed by atoms with Crippen molar-refractivity contribution in [2.24, 2.45) is 0 Å². The van der Waals surface area contributed by atoms with Crippen molar-refractivity contribution in [3.63, 3.8) is 0 Å². The molecule has 0 spiro atoms. The van der Waals surface area contributed by atoms with Gasteiger partial charge in [-0.2, -0.15) is 28.1 Å². The van der Waals surface area contributed by atoms with Crippen LogP contribution in [-0.2, 0) is 31.3 Å². The minimum Gasteiger partial charge on any atom is -0.489 e. The van der Waals surface area contributed by atoms with Gasteiger partial charge in [-0.15, -0.1) is 0 Å². The summed E-state index contributed by atoms with van der Waals surface area (Å²) in [4.78, 5) is 63.4. The van der Waals surface area contributed by atoms with Gasteiger partial charge in [0.1, 0.15) is 18.4 Å². The Labute approximate surface area is 340 Å². The Morgan fingerprint density at radius 2 is 1.53 bits per heavy atom. The number of carbonyl (C=O) groups is 4. The van der Waals surface area contributed by atoms with Crippen LogP contribution < -0.4 is 36.1 Å². The maximum atomic E-state index is 13.2. The summed E-state index contributed by atoms with van der Waals surface area (Å²) in [5, 5.41) is 13.8. The largest absolute Gasteiger partial charge is 0.489 e. The van der Waals surface area contributed by atoms with Crippen LogP contribution in [0.4, 0.5) is 36.4 Å². The highest BCUT2D eigenvalue weighted by atomic mass is 35.5. The fourth-order valence-corrected chi connectivity index (χ4v) is 5.68. The summed E-state index contributed by atoms with van der Waals surface area (Å²) < 4.78 is 54.3. The Balaban J connectivity index is 1.05. The van der Waals surface area contributed by atoms with Crippen LogP contribution in [0.3, 0.4) is 0 Å². The number of nitrogens with zero attached hydrogens (tertiary/aromatic N) is 3. The number of amides is 3. The molecular weight excluding hydrogens is 797 g/mol. The SMILES string of the molecule is COC(=O)[C@H](CNC(=O)C(=O)Nc1cccc(OCc2ccccc2)c1)NC(=O)c1ccc(Nc2nc(NC3(c4ccc(Cl)cc4)CC3)nc(OCC(F)(F)F)n2)cc1. The monoisotopic (exact) mass is 832 g/mol. The number of halogens is 4. The number of esters is 1. The van der Waals surface area contributed by atoms with Crippen LogP contribution in [0.25, 0.3) is 0 Å². The molecular formula is C40H36ClF3N8O7. The highest BCUT2D eigenvalue weighted by Gasteiger charge is 2.45. The molecule has 1 aromatic heterocycles. The van der Waals surface area contributed by atoms with E-state index in [4.69, 9.17) is 25.8 Å². The molecule has 1 aliphatic carbocycles. The molecule has 0 bridgehead atoms. The van der Waals surface area contributed by atoms with E-state index in [9.17, 15) is 32.3 Å². The molecule has 1 heterocycles. The van der Waals surface area contributed by atoms with Gasteiger partial charge in [-0.05, 0) is 72.5 Å². The van der Waals surface area contributed by atoms with Crippen LogP contribution in [0.5, 0.6) is 11.8 Å². The molecule has 306 valence electrons. The van der Waals surface area contributed by atoms with Gasteiger partial charge in [-0.1, -0.05) is 60.1 Å². The Kier molecular flexibility index (Phi) is 13.1. The van der Waals surface area contributed by atoms with E-state index in [0.29, 0.717) is 35.9 Å². The minimum atomic E-state index is -4.65. The standard InChI is InChI=1S/C40H36ClF3N8O7/c1-57-35(56)31(21-45-33(54)34(55)46-29-8-5-9-30(20-29)58-22-24-6-3-2-4-7-24)48-32(53)25-10-16-28(17-11-25)47-36-49-37(51-38(50-36)59-23-40(42,43)44)52-39(18-19-39)26-12-14-27(41)15-13-26/h2-17,20,31H,18-19,21-23H2,1H3,(H,45,54)(H,46,55)(H,48,53)(H2,47,49,50,51,52)/t31-/m0/s1. The first kappa shape index (κ1) is 41.7. The molecule has 0 radical (unpaired) electrons. The fourth-order valence-electron chi connectivity index (χ4n) is 5.55. The van der Waals surface area contributed by atoms with Crippen molar-refractivity contribution >= 4 is 58.6 Å². The second kappa shape index (κ2) is 18.5. The number of ether oxygens (including phenoxy) is 3. The molecule has 0 saturated heterocycles. The fraction of sp³-hybridized carbons (Fsp3) is 0.225. The maximum absolute atomic E-state index is 13.2. The van der Waals surface area contributed by atoms with Gasteiger partial charge in [0.05, 0.1) is 12.6 Å². The van der Waals surface area contributed by atoms with Crippen molar-refractivity contribution < 1.29 is 46.6 Å². The smallest absolute Gasteiger partial charge is 0.422 e. The number of anilines is 4. The van der Waals surface area contributed by atoms with E-state index in [1.165, 1.54) is 24.3 Å². The summed E-state index contributed by atoms with van der Waals surface area (Å²) in [6.07, 6.45) is -3.25. The Morgan fingerprint density at radius 1 is 0.814 bits per heavy atom. The second-order valence-corrected chi connectivity index (χ2v) is 13.5. The van der Waals surface area contributed by atoms with Gasteiger partial charge in [-0.25, -0.2) is 4.79 Å². The number of nitrogens with one attached hydrogen (secondary N) is 5. The van der Waals surface area contributed by atoms with Gasteiger partial charge in [-0.3, -0.25) is 14.4 Å². The first-order valence-corrected chi connectivity index (χ1v) is 18.3. The first-order chi connectivity index (χ1) is 28.3. The average molecular weight is 833 g/mol.